The molecule has 0 fully saturated rings. The minimum absolute atomic E-state index is 0.623. The van der Waals surface area contributed by atoms with Gasteiger partial charge in [0.05, 0.1) is 11.8 Å². The molecule has 1 aromatic heterocycles. The Bertz CT molecular complexity index is 537. The van der Waals surface area contributed by atoms with Gasteiger partial charge in [-0.1, -0.05) is 17.8 Å². The smallest absolute Gasteiger partial charge is 0.119 e. The van der Waals surface area contributed by atoms with Gasteiger partial charge >= 0.3 is 0 Å². The molecule has 5 heteroatoms. The first-order valence-corrected chi connectivity index (χ1v) is 6.04. The van der Waals surface area contributed by atoms with Crippen molar-refractivity contribution in [1.82, 2.24) is 9.97 Å². The molecule has 1 aromatic carbocycles. The van der Waals surface area contributed by atoms with Crippen molar-refractivity contribution in [3.05, 3.63) is 46.8 Å². The summed E-state index contributed by atoms with van der Waals surface area (Å²) in [6.45, 7) is 0. The van der Waals surface area contributed by atoms with Crippen LogP contribution in [0.4, 0.5) is 0 Å². The first kappa shape index (κ1) is 11.1. The molecule has 0 spiro atoms. The van der Waals surface area contributed by atoms with Gasteiger partial charge in [-0.3, -0.25) is 4.98 Å². The van der Waals surface area contributed by atoms with Crippen LogP contribution in [-0.2, 0) is 0 Å². The molecule has 0 aliphatic carbocycles. The average Bonchev–Trinajstić information content (AvgIpc) is 2.31. The molecular formula is C11H6BrN3S. The van der Waals surface area contributed by atoms with Gasteiger partial charge in [0.2, 0.25) is 0 Å². The molecule has 78 valence electrons. The second kappa shape index (κ2) is 5.10. The highest BCUT2D eigenvalue weighted by Gasteiger charge is 2.07. The molecule has 0 N–H and O–H groups in total. The SMILES string of the molecule is N#Cc1c(Br)cccc1Sc1cnccn1. The number of aromatic nitrogens is 2. The van der Waals surface area contributed by atoms with Crippen LogP contribution in [0.1, 0.15) is 5.56 Å². The third-order valence-corrected chi connectivity index (χ3v) is 3.48. The van der Waals surface area contributed by atoms with E-state index in [1.165, 1.54) is 11.8 Å². The summed E-state index contributed by atoms with van der Waals surface area (Å²) >= 11 is 4.78. The van der Waals surface area contributed by atoms with Crippen molar-refractivity contribution in [2.75, 3.05) is 0 Å². The largest absolute Gasteiger partial charge is 0.260 e. The van der Waals surface area contributed by atoms with Crippen LogP contribution >= 0.6 is 27.7 Å². The highest BCUT2D eigenvalue weighted by atomic mass is 79.9. The lowest BCUT2D eigenvalue weighted by molar-refractivity contribution is 1.05. The zero-order valence-corrected chi connectivity index (χ0v) is 10.5. The van der Waals surface area contributed by atoms with E-state index in [2.05, 4.69) is 32.0 Å². The van der Waals surface area contributed by atoms with Crippen molar-refractivity contribution in [3.8, 4) is 6.07 Å². The topological polar surface area (TPSA) is 49.6 Å². The molecule has 3 nitrogen and oxygen atoms in total. The molecule has 0 aliphatic heterocycles. The molecule has 1 heterocycles. The quantitative estimate of drug-likeness (QED) is 0.852. The Morgan fingerprint density at radius 2 is 2.19 bits per heavy atom. The average molecular weight is 292 g/mol. The summed E-state index contributed by atoms with van der Waals surface area (Å²) in [4.78, 5) is 9.01. The number of hydrogen-bond acceptors (Lipinski definition) is 4. The first-order valence-electron chi connectivity index (χ1n) is 4.44. The Balaban J connectivity index is 2.36. The molecule has 16 heavy (non-hydrogen) atoms. The van der Waals surface area contributed by atoms with Gasteiger partial charge in [-0.2, -0.15) is 5.26 Å². The summed E-state index contributed by atoms with van der Waals surface area (Å²) in [5.41, 5.74) is 0.623. The van der Waals surface area contributed by atoms with Gasteiger partial charge in [-0.05, 0) is 28.1 Å². The van der Waals surface area contributed by atoms with Crippen LogP contribution in [0.5, 0.6) is 0 Å². The van der Waals surface area contributed by atoms with Crippen molar-refractivity contribution in [2.45, 2.75) is 9.92 Å². The maximum absolute atomic E-state index is 9.05. The summed E-state index contributed by atoms with van der Waals surface area (Å²) in [7, 11) is 0. The monoisotopic (exact) mass is 291 g/mol. The van der Waals surface area contributed by atoms with E-state index in [0.29, 0.717) is 5.56 Å². The molecule has 0 saturated carbocycles. The van der Waals surface area contributed by atoms with E-state index < -0.39 is 0 Å². The van der Waals surface area contributed by atoms with E-state index in [9.17, 15) is 0 Å². The molecule has 0 unspecified atom stereocenters. The zero-order chi connectivity index (χ0) is 11.4. The molecule has 0 aliphatic rings. The van der Waals surface area contributed by atoms with E-state index >= 15 is 0 Å². The summed E-state index contributed by atoms with van der Waals surface area (Å²) in [6.07, 6.45) is 4.93. The van der Waals surface area contributed by atoms with Gasteiger partial charge in [0.25, 0.3) is 0 Å². The molecule has 0 radical (unpaired) electrons. The van der Waals surface area contributed by atoms with Crippen molar-refractivity contribution in [2.24, 2.45) is 0 Å². The van der Waals surface area contributed by atoms with Crippen LogP contribution < -0.4 is 0 Å². The molecular weight excluding hydrogens is 286 g/mol. The van der Waals surface area contributed by atoms with Crippen LogP contribution in [-0.4, -0.2) is 9.97 Å². The fourth-order valence-corrected chi connectivity index (χ4v) is 2.59. The van der Waals surface area contributed by atoms with E-state index in [4.69, 9.17) is 5.26 Å². The Morgan fingerprint density at radius 3 is 2.88 bits per heavy atom. The lowest BCUT2D eigenvalue weighted by atomic mass is 10.2. The summed E-state index contributed by atoms with van der Waals surface area (Å²) < 4.78 is 0.795. The second-order valence-electron chi connectivity index (χ2n) is 2.87. The summed E-state index contributed by atoms with van der Waals surface area (Å²) in [5.74, 6) is 0. The maximum atomic E-state index is 9.05. The van der Waals surface area contributed by atoms with Gasteiger partial charge in [0.15, 0.2) is 0 Å². The lowest BCUT2D eigenvalue weighted by Gasteiger charge is -2.03. The highest BCUT2D eigenvalue weighted by Crippen LogP contribution is 2.31. The van der Waals surface area contributed by atoms with E-state index in [-0.39, 0.29) is 0 Å². The predicted molar refractivity (Wildman–Crippen MR) is 65.0 cm³/mol. The van der Waals surface area contributed by atoms with Crippen LogP contribution in [0.3, 0.4) is 0 Å². The Morgan fingerprint density at radius 1 is 1.31 bits per heavy atom. The predicted octanol–water partition coefficient (Wildman–Crippen LogP) is 3.26. The molecule has 0 saturated heterocycles. The van der Waals surface area contributed by atoms with Crippen molar-refractivity contribution in [1.29, 1.82) is 5.26 Å². The molecule has 0 atom stereocenters. The minimum Gasteiger partial charge on any atom is -0.260 e. The molecule has 0 bridgehead atoms. The standard InChI is InChI=1S/C11H6BrN3S/c12-9-2-1-3-10(8(9)6-13)16-11-7-14-4-5-15-11/h1-5,7H. The van der Waals surface area contributed by atoms with Crippen LogP contribution in [0.2, 0.25) is 0 Å². The molecule has 0 amide bonds. The lowest BCUT2D eigenvalue weighted by Crippen LogP contribution is -1.85. The number of nitriles is 1. The number of nitrogens with zero attached hydrogens (tertiary/aromatic N) is 3. The Hall–Kier alpha value is -1.38. The van der Waals surface area contributed by atoms with Crippen molar-refractivity contribution >= 4 is 27.7 Å². The van der Waals surface area contributed by atoms with Crippen LogP contribution in [0, 0.1) is 11.3 Å². The molecule has 2 aromatic rings. The summed E-state index contributed by atoms with van der Waals surface area (Å²) in [6, 6.07) is 7.80. The number of rotatable bonds is 2. The number of halogens is 1. The fraction of sp³-hybridized carbons (Fsp3) is 0. The van der Waals surface area contributed by atoms with Crippen LogP contribution in [0.25, 0.3) is 0 Å². The van der Waals surface area contributed by atoms with Gasteiger partial charge in [0.1, 0.15) is 11.1 Å². The van der Waals surface area contributed by atoms with E-state index in [1.54, 1.807) is 18.6 Å². The summed E-state index contributed by atoms with van der Waals surface area (Å²) in [5, 5.41) is 9.82. The van der Waals surface area contributed by atoms with Gasteiger partial charge in [0, 0.05) is 21.8 Å². The van der Waals surface area contributed by atoms with E-state index in [1.807, 2.05) is 18.2 Å². The Labute approximate surface area is 106 Å². The normalized spacial score (nSPS) is 9.75. The molecule has 2 rings (SSSR count). The highest BCUT2D eigenvalue weighted by molar-refractivity contribution is 9.10. The maximum Gasteiger partial charge on any atom is 0.119 e. The second-order valence-corrected chi connectivity index (χ2v) is 4.79. The van der Waals surface area contributed by atoms with Gasteiger partial charge in [-0.15, -0.1) is 0 Å². The van der Waals surface area contributed by atoms with Crippen molar-refractivity contribution < 1.29 is 0 Å². The number of benzene rings is 1. The third kappa shape index (κ3) is 2.40. The van der Waals surface area contributed by atoms with Crippen molar-refractivity contribution in [3.63, 3.8) is 0 Å². The van der Waals surface area contributed by atoms with E-state index in [0.717, 1.165) is 14.4 Å². The zero-order valence-electron chi connectivity index (χ0n) is 8.09. The van der Waals surface area contributed by atoms with Crippen LogP contribution in [0.15, 0.2) is 51.2 Å². The Kier molecular flexibility index (Phi) is 3.54. The van der Waals surface area contributed by atoms with Gasteiger partial charge in [-0.25, -0.2) is 4.98 Å². The number of hydrogen-bond donors (Lipinski definition) is 0. The first-order chi connectivity index (χ1) is 7.81. The van der Waals surface area contributed by atoms with Gasteiger partial charge < -0.3 is 0 Å². The third-order valence-electron chi connectivity index (χ3n) is 1.84. The fourth-order valence-electron chi connectivity index (χ4n) is 1.15. The minimum atomic E-state index is 0.623.